The van der Waals surface area contributed by atoms with Crippen LogP contribution in [0, 0.1) is 11.7 Å². The molecule has 0 radical (unpaired) electrons. The van der Waals surface area contributed by atoms with Gasteiger partial charge in [0.05, 0.1) is 0 Å². The fourth-order valence-electron chi connectivity index (χ4n) is 2.12. The van der Waals surface area contributed by atoms with E-state index < -0.39 is 0 Å². The summed E-state index contributed by atoms with van der Waals surface area (Å²) in [5.41, 5.74) is 0.851. The van der Waals surface area contributed by atoms with E-state index in [1.54, 1.807) is 12.1 Å². The van der Waals surface area contributed by atoms with E-state index in [9.17, 15) is 4.39 Å². The molecule has 3 heteroatoms. The zero-order valence-corrected chi connectivity index (χ0v) is 12.2. The van der Waals surface area contributed by atoms with Crippen LogP contribution < -0.4 is 5.32 Å². The number of hydrogen-bond donors (Lipinski definition) is 1. The van der Waals surface area contributed by atoms with Crippen molar-refractivity contribution in [3.8, 4) is 0 Å². The molecule has 1 aromatic rings. The fraction of sp³-hybridized carbons (Fsp3) is 0.600. The first-order valence-electron chi connectivity index (χ1n) is 6.71. The van der Waals surface area contributed by atoms with Gasteiger partial charge in [0, 0.05) is 0 Å². The monoisotopic (exact) mass is 269 g/mol. The minimum atomic E-state index is -0.0659. The Balaban J connectivity index is 2.51. The van der Waals surface area contributed by atoms with E-state index in [2.05, 4.69) is 18.5 Å². The fourth-order valence-corrected chi connectivity index (χ4v) is 2.57. The second-order valence-corrected chi connectivity index (χ2v) is 5.59. The maximum Gasteiger partial charge on any atom is 0.126 e. The van der Waals surface area contributed by atoms with Crippen LogP contribution in [0.25, 0.3) is 0 Å². The smallest absolute Gasteiger partial charge is 0.126 e. The van der Waals surface area contributed by atoms with Gasteiger partial charge in [0.1, 0.15) is 5.82 Å². The van der Waals surface area contributed by atoms with Gasteiger partial charge in [-0.05, 0) is 61.9 Å². The quantitative estimate of drug-likeness (QED) is 0.685. The standard InChI is InChI=1S/C15H24FNS/c1-3-17-12-13(7-6-10-18-2)11-14-8-4-5-9-15(14)16/h4-5,8-9,13,17H,3,6-7,10-12H2,1-2H3. The zero-order chi connectivity index (χ0) is 13.2. The Morgan fingerprint density at radius 1 is 1.33 bits per heavy atom. The van der Waals surface area contributed by atoms with Crippen molar-refractivity contribution in [3.63, 3.8) is 0 Å². The van der Waals surface area contributed by atoms with Crippen LogP contribution in [-0.4, -0.2) is 25.1 Å². The second kappa shape index (κ2) is 9.40. The van der Waals surface area contributed by atoms with E-state index in [1.807, 2.05) is 23.9 Å². The van der Waals surface area contributed by atoms with Crippen LogP contribution in [0.2, 0.25) is 0 Å². The van der Waals surface area contributed by atoms with Crippen molar-refractivity contribution in [2.45, 2.75) is 26.2 Å². The van der Waals surface area contributed by atoms with E-state index >= 15 is 0 Å². The topological polar surface area (TPSA) is 12.0 Å². The average molecular weight is 269 g/mol. The number of nitrogens with one attached hydrogen (secondary N) is 1. The maximum absolute atomic E-state index is 13.6. The summed E-state index contributed by atoms with van der Waals surface area (Å²) < 4.78 is 13.6. The van der Waals surface area contributed by atoms with Gasteiger partial charge in [0.25, 0.3) is 0 Å². The van der Waals surface area contributed by atoms with Gasteiger partial charge in [-0.15, -0.1) is 0 Å². The molecule has 0 aromatic heterocycles. The highest BCUT2D eigenvalue weighted by atomic mass is 32.2. The van der Waals surface area contributed by atoms with E-state index in [0.717, 1.165) is 25.1 Å². The molecule has 1 N–H and O–H groups in total. The van der Waals surface area contributed by atoms with Gasteiger partial charge in [-0.1, -0.05) is 25.1 Å². The minimum absolute atomic E-state index is 0.0659. The molecule has 0 aliphatic heterocycles. The van der Waals surface area contributed by atoms with Crippen molar-refractivity contribution in [3.05, 3.63) is 35.6 Å². The van der Waals surface area contributed by atoms with Crippen molar-refractivity contribution >= 4 is 11.8 Å². The van der Waals surface area contributed by atoms with Crippen molar-refractivity contribution in [1.29, 1.82) is 0 Å². The Morgan fingerprint density at radius 2 is 2.11 bits per heavy atom. The summed E-state index contributed by atoms with van der Waals surface area (Å²) in [6.07, 6.45) is 5.36. The number of hydrogen-bond acceptors (Lipinski definition) is 2. The van der Waals surface area contributed by atoms with Crippen molar-refractivity contribution in [1.82, 2.24) is 5.32 Å². The summed E-state index contributed by atoms with van der Waals surface area (Å²) in [4.78, 5) is 0. The van der Waals surface area contributed by atoms with Crippen molar-refractivity contribution < 1.29 is 4.39 Å². The largest absolute Gasteiger partial charge is 0.317 e. The van der Waals surface area contributed by atoms with Gasteiger partial charge in [-0.3, -0.25) is 0 Å². The first-order valence-corrected chi connectivity index (χ1v) is 8.10. The lowest BCUT2D eigenvalue weighted by molar-refractivity contribution is 0.438. The first-order chi connectivity index (χ1) is 8.77. The molecule has 0 aliphatic carbocycles. The number of thioether (sulfide) groups is 1. The molecule has 1 unspecified atom stereocenters. The molecule has 0 bridgehead atoms. The lowest BCUT2D eigenvalue weighted by Gasteiger charge is -2.17. The third-order valence-corrected chi connectivity index (χ3v) is 3.81. The third-order valence-electron chi connectivity index (χ3n) is 3.11. The Labute approximate surface area is 115 Å². The summed E-state index contributed by atoms with van der Waals surface area (Å²) in [5.74, 6) is 1.66. The van der Waals surface area contributed by atoms with Crippen LogP contribution in [-0.2, 0) is 6.42 Å². The third kappa shape index (κ3) is 5.87. The summed E-state index contributed by atoms with van der Waals surface area (Å²) in [6.45, 7) is 4.08. The van der Waals surface area contributed by atoms with Gasteiger partial charge in [-0.2, -0.15) is 11.8 Å². The van der Waals surface area contributed by atoms with Crippen molar-refractivity contribution in [2.24, 2.45) is 5.92 Å². The molecule has 1 nitrogen and oxygen atoms in total. The summed E-state index contributed by atoms with van der Waals surface area (Å²) in [7, 11) is 0. The number of rotatable bonds is 9. The molecule has 0 saturated heterocycles. The van der Waals surface area contributed by atoms with Gasteiger partial charge < -0.3 is 5.32 Å². The van der Waals surface area contributed by atoms with E-state index in [4.69, 9.17) is 0 Å². The van der Waals surface area contributed by atoms with Gasteiger partial charge in [-0.25, -0.2) is 4.39 Å². The summed E-state index contributed by atoms with van der Waals surface area (Å²) in [6, 6.07) is 7.14. The molecule has 1 rings (SSSR count). The molecule has 0 aliphatic rings. The van der Waals surface area contributed by atoms with Gasteiger partial charge >= 0.3 is 0 Å². The van der Waals surface area contributed by atoms with Crippen LogP contribution in [0.3, 0.4) is 0 Å². The van der Waals surface area contributed by atoms with Crippen LogP contribution in [0.15, 0.2) is 24.3 Å². The first kappa shape index (κ1) is 15.5. The highest BCUT2D eigenvalue weighted by molar-refractivity contribution is 7.98. The van der Waals surface area contributed by atoms with Crippen LogP contribution in [0.1, 0.15) is 25.3 Å². The van der Waals surface area contributed by atoms with Crippen LogP contribution in [0.5, 0.6) is 0 Å². The molecular weight excluding hydrogens is 245 g/mol. The normalized spacial score (nSPS) is 12.6. The Morgan fingerprint density at radius 3 is 2.78 bits per heavy atom. The molecule has 0 spiro atoms. The van der Waals surface area contributed by atoms with Crippen LogP contribution >= 0.6 is 11.8 Å². The van der Waals surface area contributed by atoms with Crippen molar-refractivity contribution in [2.75, 3.05) is 25.1 Å². The zero-order valence-electron chi connectivity index (χ0n) is 11.4. The van der Waals surface area contributed by atoms with E-state index in [-0.39, 0.29) is 5.82 Å². The molecular formula is C15H24FNS. The summed E-state index contributed by atoms with van der Waals surface area (Å²) >= 11 is 1.88. The van der Waals surface area contributed by atoms with Gasteiger partial charge in [0.15, 0.2) is 0 Å². The SMILES string of the molecule is CCNCC(CCCSC)Cc1ccccc1F. The highest BCUT2D eigenvalue weighted by Gasteiger charge is 2.11. The Hall–Kier alpha value is -0.540. The second-order valence-electron chi connectivity index (χ2n) is 4.60. The maximum atomic E-state index is 13.6. The number of benzene rings is 1. The molecule has 0 fully saturated rings. The molecule has 1 aromatic carbocycles. The molecule has 0 amide bonds. The Bertz CT molecular complexity index is 330. The van der Waals surface area contributed by atoms with Gasteiger partial charge in [0.2, 0.25) is 0 Å². The molecule has 0 saturated carbocycles. The van der Waals surface area contributed by atoms with E-state index in [0.29, 0.717) is 5.92 Å². The minimum Gasteiger partial charge on any atom is -0.317 e. The lowest BCUT2D eigenvalue weighted by atomic mass is 9.94. The van der Waals surface area contributed by atoms with E-state index in [1.165, 1.54) is 18.6 Å². The average Bonchev–Trinajstić information content (AvgIpc) is 2.38. The molecule has 1 atom stereocenters. The Kier molecular flexibility index (Phi) is 8.10. The predicted molar refractivity (Wildman–Crippen MR) is 79.8 cm³/mol. The number of halogens is 1. The lowest BCUT2D eigenvalue weighted by Crippen LogP contribution is -2.24. The van der Waals surface area contributed by atoms with Crippen LogP contribution in [0.4, 0.5) is 4.39 Å². The predicted octanol–water partition coefficient (Wildman–Crippen LogP) is 3.74. The molecule has 0 heterocycles. The molecule has 102 valence electrons. The highest BCUT2D eigenvalue weighted by Crippen LogP contribution is 2.17. The molecule has 18 heavy (non-hydrogen) atoms. The summed E-state index contributed by atoms with van der Waals surface area (Å²) in [5, 5.41) is 3.39.